The van der Waals surface area contributed by atoms with Gasteiger partial charge in [-0.2, -0.15) is 37.0 Å². The Labute approximate surface area is 232 Å². The third-order valence-electron chi connectivity index (χ3n) is 6.23. The van der Waals surface area contributed by atoms with Gasteiger partial charge in [-0.3, -0.25) is 0 Å². The summed E-state index contributed by atoms with van der Waals surface area (Å²) in [6, 6.07) is 10.7. The van der Waals surface area contributed by atoms with Gasteiger partial charge >= 0.3 is 17.8 Å². The molecule has 0 fully saturated rings. The van der Waals surface area contributed by atoms with Crippen LogP contribution in [0.5, 0.6) is 0 Å². The molecule has 0 aliphatic carbocycles. The van der Waals surface area contributed by atoms with Crippen molar-refractivity contribution in [3.05, 3.63) is 70.5 Å². The number of benzene rings is 1. The molecule has 4 heterocycles. The molecule has 0 aliphatic heterocycles. The smallest absolute Gasteiger partial charge is 0.309 e. The molecule has 0 aliphatic rings. The number of sulfone groups is 1. The standard InChI is InChI=1S/C24H16F5N9O3S/c1-3-42(40,41)16-8-9-18(38-22(39)37(12-31-38)14-6-4-13(11-30)5-7-14)33-19(16)21-32-15-10-17(23(25,26)24(27,28)29)34-35-20(15)36(21)2/h4-10,12H,3H2,1-2H3. The van der Waals surface area contributed by atoms with Crippen molar-refractivity contribution in [1.29, 1.82) is 5.26 Å². The molecule has 0 bridgehead atoms. The van der Waals surface area contributed by atoms with Crippen molar-refractivity contribution in [3.8, 4) is 29.1 Å². The quantitative estimate of drug-likeness (QED) is 0.266. The third-order valence-corrected chi connectivity index (χ3v) is 7.99. The van der Waals surface area contributed by atoms with E-state index in [1.807, 2.05) is 6.07 Å². The lowest BCUT2D eigenvalue weighted by Crippen LogP contribution is -2.34. The van der Waals surface area contributed by atoms with Gasteiger partial charge in [-0.15, -0.1) is 10.2 Å². The van der Waals surface area contributed by atoms with Crippen LogP contribution >= 0.6 is 0 Å². The largest absolute Gasteiger partial charge is 0.459 e. The minimum absolute atomic E-state index is 0.153. The van der Waals surface area contributed by atoms with Crippen LogP contribution in [0.4, 0.5) is 22.0 Å². The van der Waals surface area contributed by atoms with Gasteiger partial charge in [0.05, 0.1) is 28.0 Å². The molecule has 12 nitrogen and oxygen atoms in total. The zero-order valence-electron chi connectivity index (χ0n) is 21.4. The Bertz CT molecular complexity index is 2060. The molecule has 0 spiro atoms. The molecule has 0 radical (unpaired) electrons. The second-order valence-corrected chi connectivity index (χ2v) is 11.0. The molecule has 0 N–H and O–H groups in total. The lowest BCUT2D eigenvalue weighted by molar-refractivity contribution is -0.291. The van der Waals surface area contributed by atoms with Crippen LogP contribution in [0.1, 0.15) is 18.2 Å². The zero-order valence-corrected chi connectivity index (χ0v) is 22.2. The van der Waals surface area contributed by atoms with E-state index in [2.05, 4.69) is 25.3 Å². The van der Waals surface area contributed by atoms with Gasteiger partial charge in [-0.05, 0) is 42.5 Å². The number of aryl methyl sites for hydroxylation is 1. The van der Waals surface area contributed by atoms with Crippen molar-refractivity contribution in [2.24, 2.45) is 7.05 Å². The molecule has 5 rings (SSSR count). The van der Waals surface area contributed by atoms with E-state index in [4.69, 9.17) is 5.26 Å². The van der Waals surface area contributed by atoms with Crippen LogP contribution < -0.4 is 5.69 Å². The fraction of sp³-hybridized carbons (Fsp3) is 0.208. The normalized spacial score (nSPS) is 12.5. The van der Waals surface area contributed by atoms with Gasteiger partial charge in [0.2, 0.25) is 0 Å². The molecule has 5 aromatic rings. The van der Waals surface area contributed by atoms with E-state index in [1.54, 1.807) is 0 Å². The molecule has 0 saturated carbocycles. The van der Waals surface area contributed by atoms with E-state index in [1.165, 1.54) is 50.6 Å². The van der Waals surface area contributed by atoms with Crippen LogP contribution in [0.2, 0.25) is 0 Å². The second-order valence-electron chi connectivity index (χ2n) is 8.78. The lowest BCUT2D eigenvalue weighted by atomic mass is 10.2. The number of alkyl halides is 5. The Balaban J connectivity index is 1.69. The second kappa shape index (κ2) is 9.80. The summed E-state index contributed by atoms with van der Waals surface area (Å²) >= 11 is 0. The molecule has 216 valence electrons. The van der Waals surface area contributed by atoms with Crippen molar-refractivity contribution in [2.75, 3.05) is 5.75 Å². The number of hydrogen-bond donors (Lipinski definition) is 0. The van der Waals surface area contributed by atoms with Crippen LogP contribution in [0, 0.1) is 11.3 Å². The van der Waals surface area contributed by atoms with E-state index in [0.29, 0.717) is 17.3 Å². The maximum Gasteiger partial charge on any atom is 0.459 e. The molecular formula is C24H16F5N9O3S. The molecule has 1 aromatic carbocycles. The Morgan fingerprint density at radius 2 is 1.69 bits per heavy atom. The zero-order chi connectivity index (χ0) is 30.6. The van der Waals surface area contributed by atoms with E-state index < -0.39 is 38.8 Å². The van der Waals surface area contributed by atoms with Gasteiger partial charge < -0.3 is 4.57 Å². The Morgan fingerprint density at radius 1 is 1.00 bits per heavy atom. The molecule has 0 unspecified atom stereocenters. The van der Waals surface area contributed by atoms with Crippen LogP contribution in [0.3, 0.4) is 0 Å². The number of rotatable bonds is 6. The monoisotopic (exact) mass is 605 g/mol. The summed E-state index contributed by atoms with van der Waals surface area (Å²) in [4.78, 5) is 21.2. The first-order chi connectivity index (χ1) is 19.7. The van der Waals surface area contributed by atoms with E-state index in [9.17, 15) is 35.2 Å². The van der Waals surface area contributed by atoms with Gasteiger partial charge in [0.1, 0.15) is 23.2 Å². The summed E-state index contributed by atoms with van der Waals surface area (Å²) in [6.45, 7) is 1.36. The summed E-state index contributed by atoms with van der Waals surface area (Å²) in [7, 11) is -2.69. The van der Waals surface area contributed by atoms with Gasteiger partial charge in [0.25, 0.3) is 0 Å². The highest BCUT2D eigenvalue weighted by Gasteiger charge is 2.60. The molecule has 0 amide bonds. The van der Waals surface area contributed by atoms with Gasteiger partial charge in [-0.1, -0.05) is 6.92 Å². The minimum Gasteiger partial charge on any atom is -0.309 e. The predicted molar refractivity (Wildman–Crippen MR) is 135 cm³/mol. The average molecular weight is 606 g/mol. The number of nitrogens with zero attached hydrogens (tertiary/aromatic N) is 9. The van der Waals surface area contributed by atoms with Crippen molar-refractivity contribution in [1.82, 2.24) is 39.1 Å². The summed E-state index contributed by atoms with van der Waals surface area (Å²) in [5.74, 6) is -6.12. The maximum atomic E-state index is 13.9. The van der Waals surface area contributed by atoms with Crippen LogP contribution in [0.15, 0.2) is 58.5 Å². The first-order valence-electron chi connectivity index (χ1n) is 11.8. The highest BCUT2D eigenvalue weighted by atomic mass is 32.2. The summed E-state index contributed by atoms with van der Waals surface area (Å²) < 4.78 is 95.5. The van der Waals surface area contributed by atoms with Crippen LogP contribution in [-0.4, -0.2) is 59.4 Å². The Morgan fingerprint density at radius 3 is 2.31 bits per heavy atom. The van der Waals surface area contributed by atoms with E-state index >= 15 is 0 Å². The number of aromatic nitrogens is 8. The number of fused-ring (bicyclic) bond motifs is 1. The number of halogens is 5. The van der Waals surface area contributed by atoms with Crippen molar-refractivity contribution < 1.29 is 30.4 Å². The molecule has 0 atom stereocenters. The van der Waals surface area contributed by atoms with Crippen LogP contribution in [-0.2, 0) is 22.8 Å². The minimum atomic E-state index is -5.94. The molecular weight excluding hydrogens is 589 g/mol. The molecule has 42 heavy (non-hydrogen) atoms. The highest BCUT2D eigenvalue weighted by molar-refractivity contribution is 7.91. The summed E-state index contributed by atoms with van der Waals surface area (Å²) in [5.41, 5.74) is -2.68. The van der Waals surface area contributed by atoms with Gasteiger partial charge in [0, 0.05) is 7.05 Å². The van der Waals surface area contributed by atoms with E-state index in [-0.39, 0.29) is 33.6 Å². The number of pyridine rings is 1. The Kier molecular flexibility index (Phi) is 6.64. The summed E-state index contributed by atoms with van der Waals surface area (Å²) in [6.07, 6.45) is -4.77. The average Bonchev–Trinajstić information content (AvgIpc) is 3.51. The van der Waals surface area contributed by atoms with Crippen molar-refractivity contribution in [2.45, 2.75) is 23.9 Å². The number of hydrogen-bond acceptors (Lipinski definition) is 9. The molecule has 4 aromatic heterocycles. The Hall–Kier alpha value is -5.05. The number of imidazole rings is 1. The molecule has 0 saturated heterocycles. The third kappa shape index (κ3) is 4.56. The van der Waals surface area contributed by atoms with Crippen molar-refractivity contribution in [3.63, 3.8) is 0 Å². The molecule has 18 heteroatoms. The lowest BCUT2D eigenvalue weighted by Gasteiger charge is -2.17. The fourth-order valence-corrected chi connectivity index (χ4v) is 4.97. The first kappa shape index (κ1) is 28.5. The predicted octanol–water partition coefficient (Wildman–Crippen LogP) is 3.08. The highest BCUT2D eigenvalue weighted by Crippen LogP contribution is 2.43. The number of nitriles is 1. The van der Waals surface area contributed by atoms with Gasteiger partial charge in [-0.25, -0.2) is 27.7 Å². The first-order valence-corrected chi connectivity index (χ1v) is 13.4. The van der Waals surface area contributed by atoms with Gasteiger partial charge in [0.15, 0.2) is 27.1 Å². The van der Waals surface area contributed by atoms with Crippen molar-refractivity contribution >= 4 is 21.0 Å². The van der Waals surface area contributed by atoms with Crippen LogP contribution in [0.25, 0.3) is 34.2 Å². The SMILES string of the molecule is CCS(=O)(=O)c1ccc(-n2ncn(-c3ccc(C#N)cc3)c2=O)nc1-c1nc2cc(C(F)(F)C(F)(F)F)nnc2n1C. The topological polar surface area (TPSA) is 154 Å². The summed E-state index contributed by atoms with van der Waals surface area (Å²) in [5, 5.41) is 19.5. The maximum absolute atomic E-state index is 13.9. The fourth-order valence-electron chi connectivity index (χ4n) is 3.95. The van der Waals surface area contributed by atoms with E-state index in [0.717, 1.165) is 19.9 Å².